The van der Waals surface area contributed by atoms with E-state index in [4.69, 9.17) is 5.73 Å². The molecule has 1 unspecified atom stereocenters. The molecule has 21 heavy (non-hydrogen) atoms. The number of amidine groups is 1. The van der Waals surface area contributed by atoms with E-state index < -0.39 is 6.10 Å². The van der Waals surface area contributed by atoms with E-state index in [1.807, 2.05) is 26.0 Å². The molecule has 0 aliphatic rings. The lowest BCUT2D eigenvalue weighted by molar-refractivity contribution is 0.160. The number of rotatable bonds is 8. The first-order chi connectivity index (χ1) is 10.1. The molecule has 0 fully saturated rings. The molecule has 1 aromatic rings. The van der Waals surface area contributed by atoms with Crippen LogP contribution in [0.1, 0.15) is 52.0 Å². The average Bonchev–Trinajstić information content (AvgIpc) is 2.47. The monoisotopic (exact) mass is 294 g/mol. The maximum Gasteiger partial charge on any atom is 0.118 e. The van der Waals surface area contributed by atoms with Gasteiger partial charge in [-0.1, -0.05) is 44.9 Å². The van der Waals surface area contributed by atoms with Gasteiger partial charge in [0.2, 0.25) is 0 Å². The third-order valence-electron chi connectivity index (χ3n) is 3.00. The van der Waals surface area contributed by atoms with E-state index in [1.165, 1.54) is 0 Å². The van der Waals surface area contributed by atoms with E-state index in [0.717, 1.165) is 37.8 Å². The van der Waals surface area contributed by atoms with Crippen LogP contribution in [0.3, 0.4) is 0 Å². The average molecular weight is 294 g/mol. The Kier molecular flexibility index (Phi) is 11.3. The third kappa shape index (κ3) is 9.91. The number of aliphatic hydroxyl groups is 1. The molecule has 0 saturated heterocycles. The van der Waals surface area contributed by atoms with Gasteiger partial charge in [0, 0.05) is 13.0 Å². The van der Waals surface area contributed by atoms with Crippen LogP contribution in [0.4, 0.5) is 0 Å². The maximum absolute atomic E-state index is 9.91. The Bertz CT molecular complexity index is 402. The molecule has 1 atom stereocenters. The number of unbranched alkanes of at least 4 members (excludes halogenated alkanes) is 2. The topological polar surface area (TPSA) is 78.8 Å². The Hall–Kier alpha value is -1.55. The predicted molar refractivity (Wildman–Crippen MR) is 89.8 cm³/mol. The van der Waals surface area contributed by atoms with Crippen molar-refractivity contribution in [2.75, 3.05) is 6.54 Å². The zero-order chi connectivity index (χ0) is 16.1. The number of aromatic hydroxyl groups is 1. The Labute approximate surface area is 128 Å². The molecule has 120 valence electrons. The summed E-state index contributed by atoms with van der Waals surface area (Å²) >= 11 is 0. The van der Waals surface area contributed by atoms with Gasteiger partial charge in [-0.05, 0) is 31.4 Å². The molecule has 1 aromatic carbocycles. The van der Waals surface area contributed by atoms with Gasteiger partial charge < -0.3 is 15.9 Å². The van der Waals surface area contributed by atoms with Crippen LogP contribution in [0.25, 0.3) is 0 Å². The van der Waals surface area contributed by atoms with Gasteiger partial charge in [0.05, 0.1) is 11.9 Å². The van der Waals surface area contributed by atoms with Crippen molar-refractivity contribution < 1.29 is 10.2 Å². The molecule has 0 aliphatic carbocycles. The summed E-state index contributed by atoms with van der Waals surface area (Å²) in [4.78, 5) is 4.12. The number of hydrogen-bond acceptors (Lipinski definition) is 3. The van der Waals surface area contributed by atoms with Crippen molar-refractivity contribution in [1.82, 2.24) is 0 Å². The highest BCUT2D eigenvalue weighted by molar-refractivity contribution is 5.77. The first-order valence-corrected chi connectivity index (χ1v) is 7.81. The van der Waals surface area contributed by atoms with Crippen molar-refractivity contribution >= 4 is 5.84 Å². The number of benzene rings is 1. The maximum atomic E-state index is 9.91. The predicted octanol–water partition coefficient (Wildman–Crippen LogP) is 3.26. The van der Waals surface area contributed by atoms with Crippen molar-refractivity contribution in [1.29, 1.82) is 0 Å². The lowest BCUT2D eigenvalue weighted by atomic mass is 10.0. The largest absolute Gasteiger partial charge is 0.508 e. The van der Waals surface area contributed by atoms with Crippen molar-refractivity contribution in [3.63, 3.8) is 0 Å². The summed E-state index contributed by atoms with van der Waals surface area (Å²) in [7, 11) is 0. The van der Waals surface area contributed by atoms with Gasteiger partial charge in [0.25, 0.3) is 0 Å². The van der Waals surface area contributed by atoms with Crippen molar-refractivity contribution in [2.45, 2.75) is 59.0 Å². The minimum Gasteiger partial charge on any atom is -0.508 e. The normalized spacial score (nSPS) is 12.5. The first-order valence-electron chi connectivity index (χ1n) is 7.81. The van der Waals surface area contributed by atoms with E-state index in [0.29, 0.717) is 12.3 Å². The standard InChI is InChI=1S/C15H24N2O2.C2H6/c1-12(16)17-10-6-2-3-8-14(18)11-13-7-4-5-9-15(13)19;1-2/h4-5,7,9,14,18-19H,2-3,6,8,10-11H2,1H3,(H2,16,17);1-2H3. The number of nitrogens with zero attached hydrogens (tertiary/aromatic N) is 1. The van der Waals surface area contributed by atoms with Gasteiger partial charge in [-0.25, -0.2) is 0 Å². The van der Waals surface area contributed by atoms with Crippen LogP contribution in [-0.2, 0) is 6.42 Å². The minimum absolute atomic E-state index is 0.259. The molecule has 0 spiro atoms. The van der Waals surface area contributed by atoms with Crippen LogP contribution in [0.2, 0.25) is 0 Å². The van der Waals surface area contributed by atoms with Gasteiger partial charge in [-0.15, -0.1) is 0 Å². The summed E-state index contributed by atoms with van der Waals surface area (Å²) in [5.41, 5.74) is 6.25. The van der Waals surface area contributed by atoms with Crippen LogP contribution in [0.5, 0.6) is 5.75 Å². The molecule has 0 radical (unpaired) electrons. The number of aliphatic imine (C=N–C) groups is 1. The summed E-state index contributed by atoms with van der Waals surface area (Å²) in [6.07, 6.45) is 3.86. The highest BCUT2D eigenvalue weighted by Crippen LogP contribution is 2.19. The zero-order valence-electron chi connectivity index (χ0n) is 13.5. The minimum atomic E-state index is -0.395. The smallest absolute Gasteiger partial charge is 0.118 e. The van der Waals surface area contributed by atoms with Crippen LogP contribution in [0, 0.1) is 0 Å². The van der Waals surface area contributed by atoms with Gasteiger partial charge >= 0.3 is 0 Å². The zero-order valence-corrected chi connectivity index (χ0v) is 13.5. The quantitative estimate of drug-likeness (QED) is 0.391. The Balaban J connectivity index is 0.00000191. The van der Waals surface area contributed by atoms with Crippen LogP contribution in [0.15, 0.2) is 29.3 Å². The Morgan fingerprint density at radius 1 is 1.19 bits per heavy atom. The van der Waals surface area contributed by atoms with Crippen molar-refractivity contribution in [3.8, 4) is 5.75 Å². The molecule has 0 amide bonds. The number of phenolic OH excluding ortho intramolecular Hbond substituents is 1. The molecule has 0 saturated carbocycles. The number of aliphatic hydroxyl groups excluding tert-OH is 1. The number of nitrogens with two attached hydrogens (primary N) is 1. The summed E-state index contributed by atoms with van der Waals surface area (Å²) in [6.45, 7) is 6.55. The van der Waals surface area contributed by atoms with Gasteiger partial charge in [0.15, 0.2) is 0 Å². The molecule has 4 heteroatoms. The molecular formula is C17H30N2O2. The van der Waals surface area contributed by atoms with Crippen molar-refractivity contribution in [3.05, 3.63) is 29.8 Å². The van der Waals surface area contributed by atoms with E-state index in [1.54, 1.807) is 19.1 Å². The second-order valence-corrected chi connectivity index (χ2v) is 4.86. The molecule has 0 bridgehead atoms. The Morgan fingerprint density at radius 2 is 1.86 bits per heavy atom. The molecule has 0 heterocycles. The molecule has 4 nitrogen and oxygen atoms in total. The van der Waals surface area contributed by atoms with E-state index >= 15 is 0 Å². The third-order valence-corrected chi connectivity index (χ3v) is 3.00. The molecule has 0 aromatic heterocycles. The highest BCUT2D eigenvalue weighted by Gasteiger charge is 2.08. The molecule has 0 aliphatic heterocycles. The van der Waals surface area contributed by atoms with E-state index in [2.05, 4.69) is 4.99 Å². The van der Waals surface area contributed by atoms with Crippen molar-refractivity contribution in [2.24, 2.45) is 10.7 Å². The SMILES string of the molecule is CC.CC(N)=NCCCCCC(O)Cc1ccccc1O. The summed E-state index contributed by atoms with van der Waals surface area (Å²) in [5, 5.41) is 19.5. The van der Waals surface area contributed by atoms with Crippen LogP contribution in [-0.4, -0.2) is 28.7 Å². The van der Waals surface area contributed by atoms with Gasteiger partial charge in [0.1, 0.15) is 5.75 Å². The van der Waals surface area contributed by atoms with Crippen LogP contribution >= 0.6 is 0 Å². The molecular weight excluding hydrogens is 264 g/mol. The highest BCUT2D eigenvalue weighted by atomic mass is 16.3. The fourth-order valence-corrected chi connectivity index (χ4v) is 1.96. The fourth-order valence-electron chi connectivity index (χ4n) is 1.96. The van der Waals surface area contributed by atoms with Gasteiger partial charge in [-0.3, -0.25) is 4.99 Å². The fraction of sp³-hybridized carbons (Fsp3) is 0.588. The summed E-state index contributed by atoms with van der Waals surface area (Å²) in [6, 6.07) is 7.15. The summed E-state index contributed by atoms with van der Waals surface area (Å²) < 4.78 is 0. The number of hydrogen-bond donors (Lipinski definition) is 3. The lowest BCUT2D eigenvalue weighted by Crippen LogP contribution is -2.10. The second kappa shape index (κ2) is 12.2. The van der Waals surface area contributed by atoms with Gasteiger partial charge in [-0.2, -0.15) is 0 Å². The second-order valence-electron chi connectivity index (χ2n) is 4.86. The number of para-hydroxylation sites is 1. The lowest BCUT2D eigenvalue weighted by Gasteiger charge is -2.11. The molecule has 4 N–H and O–H groups in total. The Morgan fingerprint density at radius 3 is 2.48 bits per heavy atom. The van der Waals surface area contributed by atoms with E-state index in [9.17, 15) is 10.2 Å². The van der Waals surface area contributed by atoms with E-state index in [-0.39, 0.29) is 5.75 Å². The van der Waals surface area contributed by atoms with Crippen LogP contribution < -0.4 is 5.73 Å². The molecule has 1 rings (SSSR count). The first kappa shape index (κ1) is 19.4. The number of phenols is 1. The summed E-state index contributed by atoms with van der Waals surface area (Å²) in [5.74, 6) is 0.883.